The number of halogens is 2. The van der Waals surface area contributed by atoms with Crippen LogP contribution >= 0.6 is 32.9 Å². The van der Waals surface area contributed by atoms with Gasteiger partial charge in [-0.15, -0.1) is 17.0 Å². The fraction of sp³-hybridized carbons (Fsp3) is 0. The van der Waals surface area contributed by atoms with E-state index >= 15 is 0 Å². The van der Waals surface area contributed by atoms with E-state index in [1.165, 1.54) is 0 Å². The predicted octanol–water partition coefficient (Wildman–Crippen LogP) is 2.38. The molecule has 64 valence electrons. The summed E-state index contributed by atoms with van der Waals surface area (Å²) in [7, 11) is 0. The average molecular weight is 294 g/mol. The first-order valence-electron chi connectivity index (χ1n) is 3.09. The zero-order valence-corrected chi connectivity index (χ0v) is 9.24. The number of nitrogens with zero attached hydrogens (tertiary/aromatic N) is 2. The molecular formula is C7H6Br2N2O. The molecule has 0 aliphatic heterocycles. The van der Waals surface area contributed by atoms with Crippen LogP contribution in [0.5, 0.6) is 5.75 Å². The molecule has 1 N–H and O–H groups in total. The van der Waals surface area contributed by atoms with Gasteiger partial charge in [0.15, 0.2) is 0 Å². The van der Waals surface area contributed by atoms with E-state index in [0.29, 0.717) is 4.60 Å². The van der Waals surface area contributed by atoms with E-state index in [4.69, 9.17) is 0 Å². The SMILES string of the molecule is Br.Oc1ccc2nccn2c1Br. The fourth-order valence-electron chi connectivity index (χ4n) is 0.950. The molecule has 0 spiro atoms. The number of pyridine rings is 1. The maximum atomic E-state index is 9.24. The predicted molar refractivity (Wildman–Crippen MR) is 54.9 cm³/mol. The monoisotopic (exact) mass is 292 g/mol. The van der Waals surface area contributed by atoms with Gasteiger partial charge in [0, 0.05) is 12.4 Å². The Kier molecular flexibility index (Phi) is 2.74. The van der Waals surface area contributed by atoms with Gasteiger partial charge in [-0.2, -0.15) is 0 Å². The molecule has 0 saturated carbocycles. The highest BCUT2D eigenvalue weighted by Gasteiger charge is 2.01. The van der Waals surface area contributed by atoms with Gasteiger partial charge in [0.25, 0.3) is 0 Å². The van der Waals surface area contributed by atoms with Crippen molar-refractivity contribution in [1.82, 2.24) is 9.38 Å². The molecule has 0 amide bonds. The lowest BCUT2D eigenvalue weighted by atomic mass is 10.4. The Hall–Kier alpha value is -0.550. The average Bonchev–Trinajstić information content (AvgIpc) is 2.45. The Balaban J connectivity index is 0.000000720. The minimum atomic E-state index is 0. The molecule has 0 atom stereocenters. The summed E-state index contributed by atoms with van der Waals surface area (Å²) in [5, 5.41) is 9.24. The molecule has 0 unspecified atom stereocenters. The van der Waals surface area contributed by atoms with E-state index in [9.17, 15) is 5.11 Å². The molecule has 0 bridgehead atoms. The van der Waals surface area contributed by atoms with Crippen LogP contribution in [0.1, 0.15) is 0 Å². The second-order valence-electron chi connectivity index (χ2n) is 2.16. The molecule has 2 aromatic rings. The molecule has 2 heterocycles. The van der Waals surface area contributed by atoms with Crippen molar-refractivity contribution in [3.63, 3.8) is 0 Å². The van der Waals surface area contributed by atoms with Crippen LogP contribution < -0.4 is 0 Å². The number of imidazole rings is 1. The van der Waals surface area contributed by atoms with Crippen LogP contribution in [0.3, 0.4) is 0 Å². The first kappa shape index (κ1) is 9.54. The lowest BCUT2D eigenvalue weighted by Crippen LogP contribution is -1.84. The summed E-state index contributed by atoms with van der Waals surface area (Å²) in [6.07, 6.45) is 3.46. The topological polar surface area (TPSA) is 37.5 Å². The largest absolute Gasteiger partial charge is 0.505 e. The molecule has 0 aliphatic rings. The van der Waals surface area contributed by atoms with Crippen LogP contribution in [-0.2, 0) is 0 Å². The van der Waals surface area contributed by atoms with E-state index in [1.54, 1.807) is 28.9 Å². The first-order chi connectivity index (χ1) is 5.29. The Labute approximate surface area is 87.9 Å². The van der Waals surface area contributed by atoms with E-state index in [0.717, 1.165) is 5.65 Å². The fourth-order valence-corrected chi connectivity index (χ4v) is 1.38. The summed E-state index contributed by atoms with van der Waals surface area (Å²) in [5.41, 5.74) is 0.815. The van der Waals surface area contributed by atoms with E-state index in [-0.39, 0.29) is 22.7 Å². The zero-order valence-electron chi connectivity index (χ0n) is 5.94. The van der Waals surface area contributed by atoms with Gasteiger partial charge in [0.1, 0.15) is 16.0 Å². The summed E-state index contributed by atoms with van der Waals surface area (Å²) in [6.45, 7) is 0. The summed E-state index contributed by atoms with van der Waals surface area (Å²) in [6, 6.07) is 3.35. The number of hydrogen-bond donors (Lipinski definition) is 1. The molecule has 5 heteroatoms. The van der Waals surface area contributed by atoms with E-state index in [1.807, 2.05) is 0 Å². The smallest absolute Gasteiger partial charge is 0.146 e. The number of aromatic nitrogens is 2. The number of hydrogen-bond acceptors (Lipinski definition) is 2. The van der Waals surface area contributed by atoms with Crippen LogP contribution in [0, 0.1) is 0 Å². The first-order valence-corrected chi connectivity index (χ1v) is 3.89. The maximum absolute atomic E-state index is 9.24. The Bertz CT molecular complexity index is 399. The van der Waals surface area contributed by atoms with Crippen LogP contribution in [0.15, 0.2) is 29.1 Å². The van der Waals surface area contributed by atoms with Crippen molar-refractivity contribution in [2.24, 2.45) is 0 Å². The quantitative estimate of drug-likeness (QED) is 0.757. The summed E-state index contributed by atoms with van der Waals surface area (Å²) in [5.74, 6) is 0.218. The highest BCUT2D eigenvalue weighted by molar-refractivity contribution is 9.10. The van der Waals surface area contributed by atoms with Gasteiger partial charge in [-0.05, 0) is 28.1 Å². The van der Waals surface area contributed by atoms with Gasteiger partial charge in [-0.3, -0.25) is 4.40 Å². The van der Waals surface area contributed by atoms with Crippen LogP contribution in [-0.4, -0.2) is 14.5 Å². The van der Waals surface area contributed by atoms with Gasteiger partial charge < -0.3 is 5.11 Å². The van der Waals surface area contributed by atoms with Crippen molar-refractivity contribution in [2.45, 2.75) is 0 Å². The zero-order chi connectivity index (χ0) is 7.84. The lowest BCUT2D eigenvalue weighted by molar-refractivity contribution is 0.467. The molecule has 0 saturated heterocycles. The summed E-state index contributed by atoms with van der Waals surface area (Å²) >= 11 is 3.23. The number of aromatic hydroxyl groups is 1. The van der Waals surface area contributed by atoms with Crippen LogP contribution in [0.2, 0.25) is 0 Å². The van der Waals surface area contributed by atoms with Crippen molar-refractivity contribution >= 4 is 38.6 Å². The van der Waals surface area contributed by atoms with Gasteiger partial charge in [-0.1, -0.05) is 0 Å². The van der Waals surface area contributed by atoms with Gasteiger partial charge in [0.05, 0.1) is 0 Å². The minimum Gasteiger partial charge on any atom is -0.505 e. The summed E-state index contributed by atoms with van der Waals surface area (Å²) in [4.78, 5) is 4.04. The summed E-state index contributed by atoms with van der Waals surface area (Å²) < 4.78 is 2.39. The van der Waals surface area contributed by atoms with Gasteiger partial charge >= 0.3 is 0 Å². The van der Waals surface area contributed by atoms with Crippen LogP contribution in [0.25, 0.3) is 5.65 Å². The molecule has 12 heavy (non-hydrogen) atoms. The van der Waals surface area contributed by atoms with Crippen molar-refractivity contribution in [2.75, 3.05) is 0 Å². The molecule has 2 aromatic heterocycles. The molecule has 0 fully saturated rings. The highest BCUT2D eigenvalue weighted by Crippen LogP contribution is 2.23. The van der Waals surface area contributed by atoms with E-state index in [2.05, 4.69) is 20.9 Å². The second kappa shape index (κ2) is 3.45. The minimum absolute atomic E-state index is 0. The third-order valence-electron chi connectivity index (χ3n) is 1.48. The van der Waals surface area contributed by atoms with Crippen molar-refractivity contribution in [3.8, 4) is 5.75 Å². The molecule has 0 aromatic carbocycles. The Morgan fingerprint density at radius 3 is 2.92 bits per heavy atom. The van der Waals surface area contributed by atoms with Crippen molar-refractivity contribution < 1.29 is 5.11 Å². The normalized spacial score (nSPS) is 9.75. The maximum Gasteiger partial charge on any atom is 0.146 e. The number of fused-ring (bicyclic) bond motifs is 1. The highest BCUT2D eigenvalue weighted by atomic mass is 79.9. The Morgan fingerprint density at radius 1 is 1.42 bits per heavy atom. The molecular weight excluding hydrogens is 288 g/mol. The van der Waals surface area contributed by atoms with Gasteiger partial charge in [-0.25, -0.2) is 4.98 Å². The van der Waals surface area contributed by atoms with Crippen molar-refractivity contribution in [1.29, 1.82) is 0 Å². The number of rotatable bonds is 0. The standard InChI is InChI=1S/C7H5BrN2O.BrH/c8-7-5(11)1-2-6-9-3-4-10(6)7;/h1-4,11H;1H. The molecule has 3 nitrogen and oxygen atoms in total. The van der Waals surface area contributed by atoms with E-state index < -0.39 is 0 Å². The second-order valence-corrected chi connectivity index (χ2v) is 2.92. The third-order valence-corrected chi connectivity index (χ3v) is 2.27. The van der Waals surface area contributed by atoms with Crippen molar-refractivity contribution in [3.05, 3.63) is 29.1 Å². The lowest BCUT2D eigenvalue weighted by Gasteiger charge is -1.98. The third kappa shape index (κ3) is 1.34. The van der Waals surface area contributed by atoms with Gasteiger partial charge in [0.2, 0.25) is 0 Å². The molecule has 2 rings (SSSR count). The molecule has 0 aliphatic carbocycles. The molecule has 0 radical (unpaired) electrons. The van der Waals surface area contributed by atoms with Crippen LogP contribution in [0.4, 0.5) is 0 Å². The Morgan fingerprint density at radius 2 is 2.17 bits per heavy atom.